The maximum atomic E-state index is 11.6. The molecule has 4 nitrogen and oxygen atoms in total. The third-order valence-corrected chi connectivity index (χ3v) is 3.45. The summed E-state index contributed by atoms with van der Waals surface area (Å²) in [5, 5.41) is 3.27. The van der Waals surface area contributed by atoms with Gasteiger partial charge < -0.3 is 10.2 Å². The summed E-state index contributed by atoms with van der Waals surface area (Å²) in [6.45, 7) is 0. The number of aromatic nitrogens is 1. The van der Waals surface area contributed by atoms with Crippen molar-refractivity contribution in [3.05, 3.63) is 22.3 Å². The summed E-state index contributed by atoms with van der Waals surface area (Å²) in [6, 6.07) is 2.09. The molecule has 1 atom stereocenters. The Balaban J connectivity index is 2.06. The van der Waals surface area contributed by atoms with Crippen LogP contribution in [0.25, 0.3) is 0 Å². The van der Waals surface area contributed by atoms with Gasteiger partial charge >= 0.3 is 0 Å². The molecule has 0 aliphatic carbocycles. The predicted molar refractivity (Wildman–Crippen MR) is 66.4 cm³/mol. The summed E-state index contributed by atoms with van der Waals surface area (Å²) in [6.07, 6.45) is 3.12. The minimum atomic E-state index is 0.140. The molecule has 1 aliphatic rings. The average molecular weight is 284 g/mol. The molecule has 1 aliphatic heterocycles. The van der Waals surface area contributed by atoms with Gasteiger partial charge in [0, 0.05) is 42.8 Å². The molecule has 2 heterocycles. The summed E-state index contributed by atoms with van der Waals surface area (Å²) in [5.74, 6) is 1.03. The third-order valence-electron chi connectivity index (χ3n) is 2.71. The van der Waals surface area contributed by atoms with Crippen LogP contribution in [0.2, 0.25) is 0 Å². The first-order valence-electron chi connectivity index (χ1n) is 5.18. The molecule has 0 fully saturated rings. The van der Waals surface area contributed by atoms with Crippen molar-refractivity contribution in [1.29, 1.82) is 0 Å². The molecule has 1 unspecified atom stereocenters. The van der Waals surface area contributed by atoms with E-state index in [9.17, 15) is 4.79 Å². The van der Waals surface area contributed by atoms with Crippen molar-refractivity contribution in [2.24, 2.45) is 0 Å². The first kappa shape index (κ1) is 11.4. The number of nitrogens with one attached hydrogen (secondary N) is 1. The number of hydrogen-bond donors (Lipinski definition) is 1. The number of fused-ring (bicyclic) bond motifs is 1. The quantitative estimate of drug-likeness (QED) is 0.898. The lowest BCUT2D eigenvalue weighted by atomic mass is 10.1. The molecule has 0 aromatic carbocycles. The lowest BCUT2D eigenvalue weighted by molar-refractivity contribution is -0.128. The van der Waals surface area contributed by atoms with Crippen LogP contribution < -0.4 is 5.32 Å². The number of pyridine rings is 1. The van der Waals surface area contributed by atoms with Crippen molar-refractivity contribution in [2.75, 3.05) is 19.4 Å². The summed E-state index contributed by atoms with van der Waals surface area (Å²) >= 11 is 3.49. The van der Waals surface area contributed by atoms with Crippen LogP contribution in [0.3, 0.4) is 0 Å². The van der Waals surface area contributed by atoms with Gasteiger partial charge in [-0.3, -0.25) is 4.79 Å². The van der Waals surface area contributed by atoms with E-state index < -0.39 is 0 Å². The van der Waals surface area contributed by atoms with Crippen molar-refractivity contribution in [3.63, 3.8) is 0 Å². The van der Waals surface area contributed by atoms with E-state index in [2.05, 4.69) is 26.2 Å². The molecule has 1 aromatic rings. The molecule has 0 saturated carbocycles. The highest BCUT2D eigenvalue weighted by atomic mass is 79.9. The highest BCUT2D eigenvalue weighted by molar-refractivity contribution is 9.10. The second-order valence-corrected chi connectivity index (χ2v) is 5.01. The van der Waals surface area contributed by atoms with Crippen LogP contribution in [0.4, 0.5) is 5.82 Å². The number of halogens is 1. The second-order valence-electron chi connectivity index (χ2n) is 4.16. The molecule has 5 heteroatoms. The van der Waals surface area contributed by atoms with E-state index in [1.165, 1.54) is 5.56 Å². The topological polar surface area (TPSA) is 45.2 Å². The smallest absolute Gasteiger partial charge is 0.224 e. The van der Waals surface area contributed by atoms with Crippen LogP contribution in [0.5, 0.6) is 0 Å². The van der Waals surface area contributed by atoms with Crippen molar-refractivity contribution in [3.8, 4) is 0 Å². The summed E-state index contributed by atoms with van der Waals surface area (Å²) < 4.78 is 1.06. The number of carbonyl (C=O) groups excluding carboxylic acids is 1. The Morgan fingerprint density at radius 3 is 3.06 bits per heavy atom. The Bertz CT molecular complexity index is 420. The van der Waals surface area contributed by atoms with Gasteiger partial charge in [0.05, 0.1) is 0 Å². The number of anilines is 1. The third kappa shape index (κ3) is 2.19. The van der Waals surface area contributed by atoms with Gasteiger partial charge in [-0.05, 0) is 12.5 Å². The normalized spacial score (nSPS) is 17.8. The number of rotatable bonds is 2. The van der Waals surface area contributed by atoms with Crippen LogP contribution in [-0.2, 0) is 11.2 Å². The first-order valence-corrected chi connectivity index (χ1v) is 5.97. The zero-order chi connectivity index (χ0) is 11.7. The molecule has 0 radical (unpaired) electrons. The van der Waals surface area contributed by atoms with E-state index >= 15 is 0 Å². The van der Waals surface area contributed by atoms with Gasteiger partial charge in [-0.15, -0.1) is 0 Å². The number of carbonyl (C=O) groups is 1. The molecule has 2 rings (SSSR count). The fourth-order valence-corrected chi connectivity index (χ4v) is 2.26. The molecule has 86 valence electrons. The monoisotopic (exact) mass is 283 g/mol. The van der Waals surface area contributed by atoms with Crippen molar-refractivity contribution < 1.29 is 4.79 Å². The van der Waals surface area contributed by atoms with Gasteiger partial charge in [-0.25, -0.2) is 4.98 Å². The zero-order valence-corrected chi connectivity index (χ0v) is 10.9. The van der Waals surface area contributed by atoms with Gasteiger partial charge in [-0.1, -0.05) is 15.9 Å². The standard InChI is InChI=1S/C11H14BrN3O/c1-15(2)10(16)6-7-5-8-9(12)3-4-13-11(8)14-7/h3-4,7H,5-6H2,1-2H3,(H,13,14). The molecule has 0 bridgehead atoms. The maximum Gasteiger partial charge on any atom is 0.224 e. The van der Waals surface area contributed by atoms with Crippen molar-refractivity contribution in [1.82, 2.24) is 9.88 Å². The SMILES string of the molecule is CN(C)C(=O)CC1Cc2c(Br)ccnc2N1. The van der Waals surface area contributed by atoms with E-state index in [1.54, 1.807) is 25.2 Å². The van der Waals surface area contributed by atoms with E-state index in [4.69, 9.17) is 0 Å². The maximum absolute atomic E-state index is 11.6. The summed E-state index contributed by atoms with van der Waals surface area (Å²) in [5.41, 5.74) is 1.17. The van der Waals surface area contributed by atoms with E-state index in [1.807, 2.05) is 6.07 Å². The molecule has 0 saturated heterocycles. The van der Waals surface area contributed by atoms with Crippen LogP contribution >= 0.6 is 15.9 Å². The number of hydrogen-bond acceptors (Lipinski definition) is 3. The molecule has 1 N–H and O–H groups in total. The van der Waals surface area contributed by atoms with Crippen molar-refractivity contribution in [2.45, 2.75) is 18.9 Å². The Morgan fingerprint density at radius 1 is 1.69 bits per heavy atom. The molecule has 0 spiro atoms. The predicted octanol–water partition coefficient (Wildman–Crippen LogP) is 1.66. The van der Waals surface area contributed by atoms with Gasteiger partial charge in [0.25, 0.3) is 0 Å². The zero-order valence-electron chi connectivity index (χ0n) is 9.33. The Hall–Kier alpha value is -1.10. The number of nitrogens with zero attached hydrogens (tertiary/aromatic N) is 2. The fourth-order valence-electron chi connectivity index (χ4n) is 1.79. The van der Waals surface area contributed by atoms with Crippen LogP contribution in [-0.4, -0.2) is 35.9 Å². The Labute approximate surface area is 103 Å². The first-order chi connectivity index (χ1) is 7.58. The molecule has 1 aromatic heterocycles. The Morgan fingerprint density at radius 2 is 2.44 bits per heavy atom. The molecular formula is C11H14BrN3O. The van der Waals surface area contributed by atoms with Crippen molar-refractivity contribution >= 4 is 27.7 Å². The number of amides is 1. The largest absolute Gasteiger partial charge is 0.366 e. The minimum absolute atomic E-state index is 0.140. The van der Waals surface area contributed by atoms with Gasteiger partial charge in [0.15, 0.2) is 0 Å². The molecule has 16 heavy (non-hydrogen) atoms. The molecule has 1 amide bonds. The highest BCUT2D eigenvalue weighted by Crippen LogP contribution is 2.30. The van der Waals surface area contributed by atoms with E-state index in [-0.39, 0.29) is 11.9 Å². The van der Waals surface area contributed by atoms with Gasteiger partial charge in [0.2, 0.25) is 5.91 Å². The average Bonchev–Trinajstić information content (AvgIpc) is 2.61. The summed E-state index contributed by atoms with van der Waals surface area (Å²) in [7, 11) is 3.55. The van der Waals surface area contributed by atoms with Crippen LogP contribution in [0.15, 0.2) is 16.7 Å². The second kappa shape index (κ2) is 4.41. The minimum Gasteiger partial charge on any atom is -0.366 e. The fraction of sp³-hybridized carbons (Fsp3) is 0.455. The Kier molecular flexibility index (Phi) is 3.14. The van der Waals surface area contributed by atoms with Crippen LogP contribution in [0.1, 0.15) is 12.0 Å². The highest BCUT2D eigenvalue weighted by Gasteiger charge is 2.25. The van der Waals surface area contributed by atoms with E-state index in [0.29, 0.717) is 6.42 Å². The van der Waals surface area contributed by atoms with Crippen LogP contribution in [0, 0.1) is 0 Å². The molecular weight excluding hydrogens is 270 g/mol. The lowest BCUT2D eigenvalue weighted by Crippen LogP contribution is -2.29. The van der Waals surface area contributed by atoms with Gasteiger partial charge in [0.1, 0.15) is 5.82 Å². The summed E-state index contributed by atoms with van der Waals surface area (Å²) in [4.78, 5) is 17.5. The van der Waals surface area contributed by atoms with E-state index in [0.717, 1.165) is 16.7 Å². The lowest BCUT2D eigenvalue weighted by Gasteiger charge is -2.14. The van der Waals surface area contributed by atoms with Gasteiger partial charge in [-0.2, -0.15) is 0 Å².